The van der Waals surface area contributed by atoms with Gasteiger partial charge in [-0.1, -0.05) is 12.1 Å². The molecule has 1 aromatic carbocycles. The lowest BCUT2D eigenvalue weighted by atomic mass is 10.2. The van der Waals surface area contributed by atoms with Crippen molar-refractivity contribution in [2.45, 2.75) is 37.6 Å². The highest BCUT2D eigenvalue weighted by molar-refractivity contribution is 7.91. The Morgan fingerprint density at radius 1 is 1.29 bits per heavy atom. The van der Waals surface area contributed by atoms with Gasteiger partial charge in [-0.25, -0.2) is 8.42 Å². The van der Waals surface area contributed by atoms with Crippen molar-refractivity contribution in [2.75, 3.05) is 12.3 Å². The fourth-order valence-corrected chi connectivity index (χ4v) is 3.37. The molecule has 17 heavy (non-hydrogen) atoms. The first-order chi connectivity index (χ1) is 7.99. The normalized spacial score (nSPS) is 16.1. The van der Waals surface area contributed by atoms with Crippen LogP contribution < -0.4 is 5.32 Å². The number of aryl methyl sites for hydroxylation is 2. The number of hydrogen-bond acceptors (Lipinski definition) is 3. The summed E-state index contributed by atoms with van der Waals surface area (Å²) in [6.07, 6.45) is 2.37. The highest BCUT2D eigenvalue weighted by Crippen LogP contribution is 2.20. The molecule has 1 aromatic rings. The van der Waals surface area contributed by atoms with E-state index in [0.717, 1.165) is 11.1 Å². The highest BCUT2D eigenvalue weighted by Gasteiger charge is 2.22. The van der Waals surface area contributed by atoms with Gasteiger partial charge < -0.3 is 5.32 Å². The smallest absolute Gasteiger partial charge is 0.179 e. The second kappa shape index (κ2) is 4.78. The second-order valence-electron chi connectivity index (χ2n) is 4.82. The van der Waals surface area contributed by atoms with E-state index in [1.807, 2.05) is 26.0 Å². The molecule has 0 saturated heterocycles. The molecule has 1 aliphatic rings. The number of sulfone groups is 1. The van der Waals surface area contributed by atoms with Gasteiger partial charge in [0, 0.05) is 12.6 Å². The molecule has 0 bridgehead atoms. The standard InChI is InChI=1S/C13H19NO2S/c1-10-3-4-11(2)13(9-10)17(15,16)8-7-14-12-5-6-12/h3-4,9,12,14H,5-8H2,1-2H3. The molecule has 0 radical (unpaired) electrons. The van der Waals surface area contributed by atoms with Gasteiger partial charge in [-0.2, -0.15) is 0 Å². The molecule has 0 amide bonds. The van der Waals surface area contributed by atoms with Crippen LogP contribution in [0.2, 0.25) is 0 Å². The van der Waals surface area contributed by atoms with E-state index < -0.39 is 9.84 Å². The van der Waals surface area contributed by atoms with Crippen LogP contribution in [0.1, 0.15) is 24.0 Å². The van der Waals surface area contributed by atoms with Crippen LogP contribution in [0.5, 0.6) is 0 Å². The van der Waals surface area contributed by atoms with Crippen LogP contribution in [-0.2, 0) is 9.84 Å². The van der Waals surface area contributed by atoms with Crippen LogP contribution in [0.4, 0.5) is 0 Å². The van der Waals surface area contributed by atoms with E-state index in [-0.39, 0.29) is 5.75 Å². The Morgan fingerprint density at radius 3 is 2.65 bits per heavy atom. The minimum absolute atomic E-state index is 0.188. The van der Waals surface area contributed by atoms with E-state index >= 15 is 0 Å². The summed E-state index contributed by atoms with van der Waals surface area (Å²) in [5.74, 6) is 0.188. The quantitative estimate of drug-likeness (QED) is 0.871. The molecule has 0 atom stereocenters. The van der Waals surface area contributed by atoms with Gasteiger partial charge in [0.25, 0.3) is 0 Å². The average Bonchev–Trinajstić information content (AvgIpc) is 3.05. The third-order valence-corrected chi connectivity index (χ3v) is 4.91. The zero-order valence-electron chi connectivity index (χ0n) is 10.4. The molecule has 1 aliphatic carbocycles. The number of hydrogen-bond donors (Lipinski definition) is 1. The lowest BCUT2D eigenvalue weighted by molar-refractivity contribution is 0.590. The van der Waals surface area contributed by atoms with E-state index in [0.29, 0.717) is 17.5 Å². The number of benzene rings is 1. The van der Waals surface area contributed by atoms with E-state index in [1.165, 1.54) is 12.8 Å². The third-order valence-electron chi connectivity index (χ3n) is 3.06. The van der Waals surface area contributed by atoms with Crippen molar-refractivity contribution in [1.82, 2.24) is 5.32 Å². The van der Waals surface area contributed by atoms with Crippen LogP contribution in [0.25, 0.3) is 0 Å². The second-order valence-corrected chi connectivity index (χ2v) is 6.89. The molecule has 1 N–H and O–H groups in total. The van der Waals surface area contributed by atoms with Crippen molar-refractivity contribution in [3.05, 3.63) is 29.3 Å². The van der Waals surface area contributed by atoms with Crippen molar-refractivity contribution in [2.24, 2.45) is 0 Å². The predicted octanol–water partition coefficient (Wildman–Crippen LogP) is 1.83. The van der Waals surface area contributed by atoms with Crippen LogP contribution in [0, 0.1) is 13.8 Å². The van der Waals surface area contributed by atoms with Crippen LogP contribution in [0.15, 0.2) is 23.1 Å². The van der Waals surface area contributed by atoms with Crippen molar-refractivity contribution < 1.29 is 8.42 Å². The van der Waals surface area contributed by atoms with Gasteiger partial charge in [0.15, 0.2) is 9.84 Å². The summed E-state index contributed by atoms with van der Waals surface area (Å²) in [7, 11) is -3.14. The van der Waals surface area contributed by atoms with Gasteiger partial charge in [-0.15, -0.1) is 0 Å². The van der Waals surface area contributed by atoms with Gasteiger partial charge in [0.2, 0.25) is 0 Å². The fourth-order valence-electron chi connectivity index (χ4n) is 1.84. The summed E-state index contributed by atoms with van der Waals surface area (Å²) in [5, 5.41) is 3.24. The van der Waals surface area contributed by atoms with Crippen LogP contribution >= 0.6 is 0 Å². The summed E-state index contributed by atoms with van der Waals surface area (Å²) < 4.78 is 24.3. The first-order valence-corrected chi connectivity index (χ1v) is 7.68. The molecule has 1 saturated carbocycles. The Hall–Kier alpha value is -0.870. The van der Waals surface area contributed by atoms with Crippen molar-refractivity contribution >= 4 is 9.84 Å². The maximum absolute atomic E-state index is 12.2. The predicted molar refractivity (Wildman–Crippen MR) is 69.0 cm³/mol. The molecule has 4 heteroatoms. The Balaban J connectivity index is 2.09. The molecule has 0 spiro atoms. The van der Waals surface area contributed by atoms with Crippen LogP contribution in [0.3, 0.4) is 0 Å². The summed E-state index contributed by atoms with van der Waals surface area (Å²) in [6, 6.07) is 6.14. The van der Waals surface area contributed by atoms with Gasteiger partial charge in [0.1, 0.15) is 0 Å². The average molecular weight is 253 g/mol. The molecule has 0 unspecified atom stereocenters. The topological polar surface area (TPSA) is 46.2 Å². The minimum Gasteiger partial charge on any atom is -0.313 e. The molecular formula is C13H19NO2S. The summed E-state index contributed by atoms with van der Waals surface area (Å²) >= 11 is 0. The SMILES string of the molecule is Cc1ccc(C)c(S(=O)(=O)CCNC2CC2)c1. The first-order valence-electron chi connectivity index (χ1n) is 6.02. The van der Waals surface area contributed by atoms with E-state index in [1.54, 1.807) is 6.07 Å². The Morgan fingerprint density at radius 2 is 2.00 bits per heavy atom. The molecule has 0 aliphatic heterocycles. The van der Waals surface area contributed by atoms with Gasteiger partial charge in [-0.3, -0.25) is 0 Å². The lowest BCUT2D eigenvalue weighted by Gasteiger charge is -2.09. The molecule has 2 rings (SSSR count). The van der Waals surface area contributed by atoms with E-state index in [4.69, 9.17) is 0 Å². The van der Waals surface area contributed by atoms with Gasteiger partial charge >= 0.3 is 0 Å². The molecule has 0 aromatic heterocycles. The van der Waals surface area contributed by atoms with Gasteiger partial charge in [0.05, 0.1) is 10.6 Å². The first kappa shape index (κ1) is 12.6. The summed E-state index contributed by atoms with van der Waals surface area (Å²) in [4.78, 5) is 0.482. The summed E-state index contributed by atoms with van der Waals surface area (Å²) in [5.41, 5.74) is 1.83. The highest BCUT2D eigenvalue weighted by atomic mass is 32.2. The largest absolute Gasteiger partial charge is 0.313 e. The molecule has 1 fully saturated rings. The Labute approximate surface area is 103 Å². The number of rotatable bonds is 5. The van der Waals surface area contributed by atoms with Crippen molar-refractivity contribution in [3.63, 3.8) is 0 Å². The van der Waals surface area contributed by atoms with Crippen molar-refractivity contribution in [3.8, 4) is 0 Å². The monoisotopic (exact) mass is 253 g/mol. The van der Waals surface area contributed by atoms with Crippen molar-refractivity contribution in [1.29, 1.82) is 0 Å². The Bertz CT molecular complexity index is 504. The maximum Gasteiger partial charge on any atom is 0.179 e. The lowest BCUT2D eigenvalue weighted by Crippen LogP contribution is -2.25. The Kier molecular flexibility index (Phi) is 3.54. The zero-order chi connectivity index (χ0) is 12.5. The summed E-state index contributed by atoms with van der Waals surface area (Å²) in [6.45, 7) is 4.32. The third kappa shape index (κ3) is 3.30. The fraction of sp³-hybridized carbons (Fsp3) is 0.538. The number of nitrogens with one attached hydrogen (secondary N) is 1. The molecule has 0 heterocycles. The molecule has 94 valence electrons. The molecular weight excluding hydrogens is 234 g/mol. The van der Waals surface area contributed by atoms with Crippen LogP contribution in [-0.4, -0.2) is 26.8 Å². The minimum atomic E-state index is -3.14. The zero-order valence-corrected chi connectivity index (χ0v) is 11.2. The maximum atomic E-state index is 12.2. The van der Waals surface area contributed by atoms with E-state index in [2.05, 4.69) is 5.32 Å². The van der Waals surface area contributed by atoms with Gasteiger partial charge in [-0.05, 0) is 43.9 Å². The van der Waals surface area contributed by atoms with E-state index in [9.17, 15) is 8.42 Å². The molecule has 3 nitrogen and oxygen atoms in total.